The molecule has 1 atom stereocenters. The first kappa shape index (κ1) is 23.9. The largest absolute Gasteiger partial charge is 0.478 e. The number of anilines is 1. The molecule has 1 unspecified atom stereocenters. The third kappa shape index (κ3) is 5.46. The molecule has 0 saturated heterocycles. The van der Waals surface area contributed by atoms with Crippen LogP contribution in [0.3, 0.4) is 0 Å². The molecule has 3 aromatic carbocycles. The van der Waals surface area contributed by atoms with Gasteiger partial charge in [-0.15, -0.1) is 0 Å². The molecule has 0 spiro atoms. The number of hydrogen-bond acceptors (Lipinski definition) is 4. The number of alkyl halides is 2. The molecule has 0 bridgehead atoms. The summed E-state index contributed by atoms with van der Waals surface area (Å²) in [4.78, 5) is 36.2. The van der Waals surface area contributed by atoms with Crippen LogP contribution in [0.15, 0.2) is 72.8 Å². The molecule has 9 heteroatoms. The first-order valence-corrected chi connectivity index (χ1v) is 10.9. The molecule has 7 nitrogen and oxygen atoms in total. The minimum Gasteiger partial charge on any atom is -0.478 e. The second-order valence-corrected chi connectivity index (χ2v) is 8.02. The summed E-state index contributed by atoms with van der Waals surface area (Å²) in [7, 11) is 0. The Hall–Kier alpha value is -4.27. The fourth-order valence-corrected chi connectivity index (χ4v) is 4.15. The van der Waals surface area contributed by atoms with Gasteiger partial charge >= 0.3 is 12.1 Å². The second-order valence-electron chi connectivity index (χ2n) is 8.02. The Labute approximate surface area is 199 Å². The van der Waals surface area contributed by atoms with Crippen molar-refractivity contribution in [2.45, 2.75) is 24.8 Å². The highest BCUT2D eigenvalue weighted by atomic mass is 19.3. The van der Waals surface area contributed by atoms with Gasteiger partial charge in [0.1, 0.15) is 12.6 Å². The monoisotopic (exact) mass is 480 g/mol. The van der Waals surface area contributed by atoms with Gasteiger partial charge in [-0.2, -0.15) is 0 Å². The van der Waals surface area contributed by atoms with Crippen LogP contribution in [-0.2, 0) is 9.53 Å². The molecule has 0 fully saturated rings. The van der Waals surface area contributed by atoms with E-state index in [1.807, 2.05) is 48.5 Å². The van der Waals surface area contributed by atoms with Crippen LogP contribution in [-0.4, -0.2) is 42.2 Å². The van der Waals surface area contributed by atoms with Crippen LogP contribution in [0.1, 0.15) is 33.8 Å². The highest BCUT2D eigenvalue weighted by molar-refractivity contribution is 5.98. The standard InChI is InChI=1S/C26H22F2N2O5/c27-23(28)13-22(24(31)29-16-7-5-6-15(12-16)25(32)33)30-26(34)35-14-21-19-10-3-1-8-17(19)18-9-2-4-11-20(18)21/h1-12,21-23H,13-14H2,(H,29,31)(H,30,34)(H,32,33). The van der Waals surface area contributed by atoms with Crippen molar-refractivity contribution in [3.8, 4) is 11.1 Å². The number of carbonyl (C=O) groups excluding carboxylic acids is 2. The molecule has 0 heterocycles. The molecule has 1 aliphatic rings. The lowest BCUT2D eigenvalue weighted by Gasteiger charge is -2.19. The molecule has 0 radical (unpaired) electrons. The summed E-state index contributed by atoms with van der Waals surface area (Å²) in [6.45, 7) is -0.0382. The van der Waals surface area contributed by atoms with Crippen molar-refractivity contribution in [3.05, 3.63) is 89.5 Å². The third-order valence-electron chi connectivity index (χ3n) is 5.74. The van der Waals surface area contributed by atoms with Crippen LogP contribution in [0.4, 0.5) is 19.3 Å². The van der Waals surface area contributed by atoms with E-state index in [2.05, 4.69) is 10.6 Å². The summed E-state index contributed by atoms with van der Waals surface area (Å²) in [6, 6.07) is 19.2. The number of fused-ring (bicyclic) bond motifs is 3. The molecule has 35 heavy (non-hydrogen) atoms. The van der Waals surface area contributed by atoms with Gasteiger partial charge in [0.15, 0.2) is 0 Å². The maximum atomic E-state index is 13.1. The van der Waals surface area contributed by atoms with E-state index in [9.17, 15) is 23.2 Å². The SMILES string of the molecule is O=C(NC(CC(F)F)C(=O)Nc1cccc(C(=O)O)c1)OCC1c2ccccc2-c2ccccc21. The van der Waals surface area contributed by atoms with E-state index in [0.717, 1.165) is 22.3 Å². The van der Waals surface area contributed by atoms with E-state index < -0.39 is 36.9 Å². The maximum absolute atomic E-state index is 13.1. The maximum Gasteiger partial charge on any atom is 0.407 e. The number of hydrogen-bond donors (Lipinski definition) is 3. The minimum absolute atomic E-state index is 0.0382. The van der Waals surface area contributed by atoms with E-state index in [1.165, 1.54) is 24.3 Å². The molecule has 3 N–H and O–H groups in total. The Bertz CT molecular complexity index is 1220. The zero-order valence-corrected chi connectivity index (χ0v) is 18.4. The van der Waals surface area contributed by atoms with E-state index in [4.69, 9.17) is 9.84 Å². The van der Waals surface area contributed by atoms with Crippen molar-refractivity contribution in [1.29, 1.82) is 0 Å². The summed E-state index contributed by atoms with van der Waals surface area (Å²) in [5.74, 6) is -2.35. The van der Waals surface area contributed by atoms with Gasteiger partial charge in [-0.05, 0) is 40.5 Å². The average Bonchev–Trinajstić information content (AvgIpc) is 3.16. The predicted octanol–water partition coefficient (Wildman–Crippen LogP) is 4.89. The van der Waals surface area contributed by atoms with Crippen molar-refractivity contribution in [1.82, 2.24) is 5.32 Å². The molecule has 180 valence electrons. The number of nitrogens with one attached hydrogen (secondary N) is 2. The quantitative estimate of drug-likeness (QED) is 0.426. The first-order chi connectivity index (χ1) is 16.8. The summed E-state index contributed by atoms with van der Waals surface area (Å²) >= 11 is 0. The smallest absolute Gasteiger partial charge is 0.407 e. The van der Waals surface area contributed by atoms with Gasteiger partial charge in [0.25, 0.3) is 0 Å². The fraction of sp³-hybridized carbons (Fsp3) is 0.192. The number of rotatable bonds is 8. The van der Waals surface area contributed by atoms with Gasteiger partial charge < -0.3 is 20.5 Å². The number of carboxylic acids is 1. The molecule has 0 aromatic heterocycles. The predicted molar refractivity (Wildman–Crippen MR) is 125 cm³/mol. The van der Waals surface area contributed by atoms with Crippen LogP contribution < -0.4 is 10.6 Å². The molecule has 0 saturated carbocycles. The normalized spacial score (nSPS) is 13.0. The Morgan fingerprint density at radius 3 is 2.14 bits per heavy atom. The van der Waals surface area contributed by atoms with Crippen LogP contribution >= 0.6 is 0 Å². The average molecular weight is 480 g/mol. The van der Waals surface area contributed by atoms with Gasteiger partial charge in [-0.3, -0.25) is 4.79 Å². The molecule has 2 amide bonds. The van der Waals surface area contributed by atoms with Crippen LogP contribution in [0, 0.1) is 0 Å². The highest BCUT2D eigenvalue weighted by Crippen LogP contribution is 2.44. The first-order valence-electron chi connectivity index (χ1n) is 10.9. The van der Waals surface area contributed by atoms with Gasteiger partial charge in [-0.25, -0.2) is 18.4 Å². The second kappa shape index (κ2) is 10.3. The van der Waals surface area contributed by atoms with E-state index in [1.54, 1.807) is 0 Å². The highest BCUT2D eigenvalue weighted by Gasteiger charge is 2.30. The third-order valence-corrected chi connectivity index (χ3v) is 5.74. The molecular weight excluding hydrogens is 458 g/mol. The van der Waals surface area contributed by atoms with Gasteiger partial charge in [0, 0.05) is 18.0 Å². The van der Waals surface area contributed by atoms with E-state index in [-0.39, 0.29) is 23.8 Å². The van der Waals surface area contributed by atoms with Crippen molar-refractivity contribution in [3.63, 3.8) is 0 Å². The number of aromatic carboxylic acids is 1. The minimum atomic E-state index is -2.87. The molecule has 4 rings (SSSR count). The van der Waals surface area contributed by atoms with Gasteiger partial charge in [0.05, 0.1) is 5.56 Å². The van der Waals surface area contributed by atoms with Crippen molar-refractivity contribution < 1.29 is 33.0 Å². The van der Waals surface area contributed by atoms with E-state index in [0.29, 0.717) is 0 Å². The molecule has 3 aromatic rings. The topological polar surface area (TPSA) is 105 Å². The van der Waals surface area contributed by atoms with Gasteiger partial charge in [-0.1, -0.05) is 54.6 Å². The van der Waals surface area contributed by atoms with Crippen LogP contribution in [0.2, 0.25) is 0 Å². The number of carboxylic acid groups (broad SMARTS) is 1. The van der Waals surface area contributed by atoms with E-state index >= 15 is 0 Å². The fourth-order valence-electron chi connectivity index (χ4n) is 4.15. The Kier molecular flexibility index (Phi) is 7.05. The number of ether oxygens (including phenoxy) is 1. The zero-order chi connectivity index (χ0) is 24.9. The number of amides is 2. The lowest BCUT2D eigenvalue weighted by Crippen LogP contribution is -2.45. The number of carbonyl (C=O) groups is 3. The summed E-state index contributed by atoms with van der Waals surface area (Å²) in [6.07, 6.45) is -4.81. The summed E-state index contributed by atoms with van der Waals surface area (Å²) < 4.78 is 31.6. The lowest BCUT2D eigenvalue weighted by atomic mass is 9.98. The molecular formula is C26H22F2N2O5. The van der Waals surface area contributed by atoms with Crippen molar-refractivity contribution in [2.75, 3.05) is 11.9 Å². The van der Waals surface area contributed by atoms with Crippen LogP contribution in [0.5, 0.6) is 0 Å². The lowest BCUT2D eigenvalue weighted by molar-refractivity contribution is -0.119. The molecule has 0 aliphatic heterocycles. The van der Waals surface area contributed by atoms with Crippen LogP contribution in [0.25, 0.3) is 11.1 Å². The zero-order valence-electron chi connectivity index (χ0n) is 18.4. The Balaban J connectivity index is 1.42. The van der Waals surface area contributed by atoms with Crippen molar-refractivity contribution in [2.24, 2.45) is 0 Å². The summed E-state index contributed by atoms with van der Waals surface area (Å²) in [5.41, 5.74) is 4.07. The summed E-state index contributed by atoms with van der Waals surface area (Å²) in [5, 5.41) is 13.7. The number of benzene rings is 3. The van der Waals surface area contributed by atoms with Gasteiger partial charge in [0.2, 0.25) is 12.3 Å². The molecule has 1 aliphatic carbocycles. The van der Waals surface area contributed by atoms with Crippen molar-refractivity contribution >= 4 is 23.7 Å². The number of halogens is 2. The Morgan fingerprint density at radius 2 is 1.54 bits per heavy atom. The Morgan fingerprint density at radius 1 is 0.914 bits per heavy atom. The number of alkyl carbamates (subject to hydrolysis) is 1.